The molecule has 17 nitrogen and oxygen atoms in total. The van der Waals surface area contributed by atoms with E-state index in [9.17, 15) is 29.1 Å². The predicted molar refractivity (Wildman–Crippen MR) is 298 cm³/mol. The summed E-state index contributed by atoms with van der Waals surface area (Å²) >= 11 is 0. The van der Waals surface area contributed by atoms with Gasteiger partial charge in [-0.15, -0.1) is 0 Å². The molecule has 5 atom stereocenters. The normalized spacial score (nSPS) is 22.1. The largest absolute Gasteiger partial charge is 0.497 e. The van der Waals surface area contributed by atoms with Gasteiger partial charge >= 0.3 is 6.09 Å². The van der Waals surface area contributed by atoms with Crippen molar-refractivity contribution < 1.29 is 57.5 Å². The van der Waals surface area contributed by atoms with Gasteiger partial charge in [-0.2, -0.15) is 0 Å². The van der Waals surface area contributed by atoms with Crippen LogP contribution in [0.15, 0.2) is 79.0 Å². The third-order valence-corrected chi connectivity index (χ3v) is 18.1. The van der Waals surface area contributed by atoms with Gasteiger partial charge in [-0.1, -0.05) is 64.1 Å². The number of amides is 4. The molecule has 4 aromatic rings. The van der Waals surface area contributed by atoms with E-state index in [1.54, 1.807) is 75.4 Å². The minimum absolute atomic E-state index is 0.0542. The van der Waals surface area contributed by atoms with Crippen LogP contribution in [0.2, 0.25) is 0 Å². The number of aliphatic hydroxyl groups is 1. The first-order valence-electron chi connectivity index (χ1n) is 27.6. The van der Waals surface area contributed by atoms with Crippen LogP contribution in [-0.2, 0) is 33.8 Å². The number of rotatable bonds is 20. The van der Waals surface area contributed by atoms with Gasteiger partial charge in [-0.25, -0.2) is 9.69 Å². The number of fused-ring (bicyclic) bond motifs is 4. The molecule has 1 saturated carbocycles. The van der Waals surface area contributed by atoms with Gasteiger partial charge in [-0.05, 0) is 147 Å². The second-order valence-corrected chi connectivity index (χ2v) is 23.2. The number of nitrogens with zero attached hydrogens (tertiary/aromatic N) is 3. The molecule has 422 valence electrons. The molecule has 4 aliphatic heterocycles. The highest BCUT2D eigenvalue weighted by Gasteiger charge is 2.77. The summed E-state index contributed by atoms with van der Waals surface area (Å²) in [5.41, 5.74) is 7.18. The Morgan fingerprint density at radius 1 is 0.772 bits per heavy atom. The molecule has 79 heavy (non-hydrogen) atoms. The van der Waals surface area contributed by atoms with E-state index in [0.717, 1.165) is 61.0 Å². The second kappa shape index (κ2) is 22.2. The maximum atomic E-state index is 15.0. The molecule has 4 N–H and O–H groups in total. The number of hydrogen-bond acceptors (Lipinski definition) is 13. The summed E-state index contributed by atoms with van der Waals surface area (Å²) < 4.78 is 35.6. The van der Waals surface area contributed by atoms with E-state index in [4.69, 9.17) is 34.2 Å². The van der Waals surface area contributed by atoms with Crippen LogP contribution in [0.1, 0.15) is 136 Å². The van der Waals surface area contributed by atoms with Crippen LogP contribution in [0, 0.1) is 16.7 Å². The number of nitrogens with two attached hydrogens (primary N) is 1. The SMILES string of the molecule is COc1ccc(C2=CN3C(=O)c4cc(OC)c(OCCCCCOc5cc6c(cc5OC)C(=O)N5CC7(CC7)C(C)(C)[C@@]5(C)C(C)(O)N6C(=O)OCc5ccc(CC(=O)[C@H](C)NC(=O)[C@@H](N)C(C)C)cc5)cc4CC[C@@H]3C2)cc1. The first-order chi connectivity index (χ1) is 37.6. The Hall–Kier alpha value is -7.11. The number of Topliss-reactive ketones (excluding diaryl/α,β-unsaturated/α-hetero) is 1. The van der Waals surface area contributed by atoms with Gasteiger partial charge in [0.15, 0.2) is 34.5 Å². The van der Waals surface area contributed by atoms with Crippen LogP contribution < -0.4 is 39.6 Å². The molecule has 17 heteroatoms. The second-order valence-electron chi connectivity index (χ2n) is 23.2. The van der Waals surface area contributed by atoms with E-state index in [0.29, 0.717) is 59.9 Å². The average molecular weight is 1080 g/mol. The summed E-state index contributed by atoms with van der Waals surface area (Å²) in [6.45, 7) is 13.8. The number of benzene rings is 4. The van der Waals surface area contributed by atoms with Crippen molar-refractivity contribution >= 4 is 40.9 Å². The Morgan fingerprint density at radius 3 is 2.00 bits per heavy atom. The lowest BCUT2D eigenvalue weighted by molar-refractivity contribution is -0.128. The van der Waals surface area contributed by atoms with Crippen LogP contribution in [0.3, 0.4) is 0 Å². The van der Waals surface area contributed by atoms with Crippen molar-refractivity contribution in [1.29, 1.82) is 0 Å². The summed E-state index contributed by atoms with van der Waals surface area (Å²) in [7, 11) is 4.71. The number of carbonyl (C=O) groups excluding carboxylic acids is 5. The van der Waals surface area contributed by atoms with E-state index in [1.165, 1.54) is 12.0 Å². The molecule has 4 aromatic carbocycles. The smallest absolute Gasteiger partial charge is 0.417 e. The molecule has 4 amide bonds. The van der Waals surface area contributed by atoms with E-state index < -0.39 is 34.9 Å². The van der Waals surface area contributed by atoms with Crippen molar-refractivity contribution in [2.45, 2.75) is 142 Å². The van der Waals surface area contributed by atoms with Gasteiger partial charge in [0, 0.05) is 36.8 Å². The van der Waals surface area contributed by atoms with Crippen molar-refractivity contribution in [1.82, 2.24) is 15.1 Å². The highest BCUT2D eigenvalue weighted by atomic mass is 16.6. The summed E-state index contributed by atoms with van der Waals surface area (Å²) in [4.78, 5) is 74.1. The zero-order valence-corrected chi connectivity index (χ0v) is 47.4. The van der Waals surface area contributed by atoms with Crippen molar-refractivity contribution in [3.05, 3.63) is 112 Å². The van der Waals surface area contributed by atoms with Crippen molar-refractivity contribution in [3.63, 3.8) is 0 Å². The van der Waals surface area contributed by atoms with Crippen LogP contribution >= 0.6 is 0 Å². The van der Waals surface area contributed by atoms with Gasteiger partial charge < -0.3 is 54.4 Å². The monoisotopic (exact) mass is 1080 g/mol. The highest BCUT2D eigenvalue weighted by Crippen LogP contribution is 2.72. The summed E-state index contributed by atoms with van der Waals surface area (Å²) in [6.07, 6.45) is 7.29. The maximum absolute atomic E-state index is 15.0. The maximum Gasteiger partial charge on any atom is 0.417 e. The molecule has 2 fully saturated rings. The Bertz CT molecular complexity index is 3020. The third kappa shape index (κ3) is 10.4. The molecule has 0 radical (unpaired) electrons. The third-order valence-electron chi connectivity index (χ3n) is 18.1. The highest BCUT2D eigenvalue weighted by molar-refractivity contribution is 6.07. The molecule has 5 aliphatic rings. The van der Waals surface area contributed by atoms with Crippen molar-refractivity contribution in [3.8, 4) is 28.7 Å². The lowest BCUT2D eigenvalue weighted by Crippen LogP contribution is -2.72. The zero-order chi connectivity index (χ0) is 56.8. The molecule has 4 heterocycles. The molecular weight excluding hydrogens is 1010 g/mol. The van der Waals surface area contributed by atoms with E-state index in [1.807, 2.05) is 62.2 Å². The van der Waals surface area contributed by atoms with Gasteiger partial charge in [0.25, 0.3) is 11.8 Å². The topological polar surface area (TPSA) is 209 Å². The molecule has 1 aliphatic carbocycles. The zero-order valence-electron chi connectivity index (χ0n) is 47.4. The molecule has 0 aromatic heterocycles. The first kappa shape index (κ1) is 56.6. The Morgan fingerprint density at radius 2 is 1.39 bits per heavy atom. The number of aryl methyl sites for hydroxylation is 1. The summed E-state index contributed by atoms with van der Waals surface area (Å²) in [6, 6.07) is 20.5. The number of anilines is 1. The van der Waals surface area contributed by atoms with Gasteiger partial charge in [-0.3, -0.25) is 19.2 Å². The standard InChI is InChI=1S/C62H77N5O12/c1-37(2)54(63)55(69)64-38(3)49(68)28-39-14-16-40(17-15-39)35-79-58(72)67-48-33-53(51(76-10)32-47(48)57(71)66-36-62(24-25-62)59(4,5)60(66,6)61(67,7)73)78-27-13-11-12-26-77-52-30-42-18-21-44-29-43(41-19-22-45(74-8)23-20-41)34-65(44)56(70)46(42)31-50(52)75-9/h14-17,19-20,22-23,30-34,37-38,44,54,73H,11-13,18,21,24-29,35-36,63H2,1-10H3,(H,64,69)/t38-,44+,54-,60-,61?/m0/s1. The molecule has 1 spiro atoms. The number of carbonyl (C=O) groups is 5. The number of unbranched alkanes of at least 4 members (excludes halogenated alkanes) is 2. The summed E-state index contributed by atoms with van der Waals surface area (Å²) in [5.74, 6) is 1.39. The lowest BCUT2D eigenvalue weighted by Gasteiger charge is -2.54. The first-order valence-corrected chi connectivity index (χ1v) is 27.6. The number of hydrogen-bond donors (Lipinski definition) is 3. The minimum atomic E-state index is -1.99. The van der Waals surface area contributed by atoms with Crippen molar-refractivity contribution in [2.75, 3.05) is 46.0 Å². The van der Waals surface area contributed by atoms with Crippen LogP contribution in [-0.4, -0.2) is 115 Å². The molecular formula is C62H77N5O12. The fraction of sp³-hybridized carbons (Fsp3) is 0.500. The molecule has 9 rings (SSSR count). The molecule has 0 bridgehead atoms. The minimum Gasteiger partial charge on any atom is -0.497 e. The van der Waals surface area contributed by atoms with Gasteiger partial charge in [0.1, 0.15) is 12.4 Å². The number of ether oxygens (including phenoxy) is 6. The number of nitrogens with one attached hydrogen (secondary N) is 1. The van der Waals surface area contributed by atoms with Crippen LogP contribution in [0.25, 0.3) is 5.57 Å². The fourth-order valence-electron chi connectivity index (χ4n) is 12.3. The quantitative estimate of drug-likeness (QED) is 0.0707. The van der Waals surface area contributed by atoms with E-state index in [-0.39, 0.29) is 77.5 Å². The van der Waals surface area contributed by atoms with Crippen LogP contribution in [0.4, 0.5) is 10.5 Å². The molecule has 1 unspecified atom stereocenters. The van der Waals surface area contributed by atoms with Crippen molar-refractivity contribution in [2.24, 2.45) is 22.5 Å². The van der Waals surface area contributed by atoms with Gasteiger partial charge in [0.2, 0.25) is 5.91 Å². The fourth-order valence-corrected chi connectivity index (χ4v) is 12.3. The van der Waals surface area contributed by atoms with E-state index >= 15 is 0 Å². The Kier molecular flexibility index (Phi) is 15.9. The van der Waals surface area contributed by atoms with Crippen LogP contribution in [0.5, 0.6) is 28.7 Å². The number of ketones is 1. The predicted octanol–water partition coefficient (Wildman–Crippen LogP) is 9.03. The Balaban J connectivity index is 0.858. The van der Waals surface area contributed by atoms with Gasteiger partial charge in [0.05, 0.1) is 63.4 Å². The molecule has 1 saturated heterocycles. The summed E-state index contributed by atoms with van der Waals surface area (Å²) in [5, 5.41) is 15.8. The lowest BCUT2D eigenvalue weighted by atomic mass is 9.62. The Labute approximate surface area is 463 Å². The average Bonchev–Trinajstić information content (AvgIpc) is 1.93. The van der Waals surface area contributed by atoms with E-state index in [2.05, 4.69) is 19.2 Å². The number of methoxy groups -OCH3 is 3.